The molecule has 2 heterocycles. The minimum Gasteiger partial charge on any atom is -0.395 e. The first-order valence-electron chi connectivity index (χ1n) is 7.97. The largest absolute Gasteiger partial charge is 0.586 e. The van der Waals surface area contributed by atoms with Crippen LogP contribution in [0.2, 0.25) is 0 Å². The van der Waals surface area contributed by atoms with Crippen LogP contribution in [0.1, 0.15) is 29.6 Å². The summed E-state index contributed by atoms with van der Waals surface area (Å²) < 4.78 is 79.2. The number of benzene rings is 1. The Bertz CT molecular complexity index is 878. The molecule has 0 radical (unpaired) electrons. The predicted octanol–water partition coefficient (Wildman–Crippen LogP) is 2.90. The fraction of sp³-hybridized carbons (Fsp3) is 0.533. The van der Waals surface area contributed by atoms with E-state index in [1.54, 1.807) is 0 Å². The SMILES string of the molecule is O=C(NC12CCC(C(F)(F)F)(C1)OC2)c1cc2c(cc1[N+](=O)[O-])OC(F)(F)O2. The zero-order chi connectivity index (χ0) is 20.5. The molecule has 1 saturated carbocycles. The molecule has 4 rings (SSSR count). The Morgan fingerprint density at radius 1 is 1.18 bits per heavy atom. The van der Waals surface area contributed by atoms with Crippen LogP contribution in [0.4, 0.5) is 27.6 Å². The lowest BCUT2D eigenvalue weighted by Crippen LogP contribution is -2.48. The Hall–Kier alpha value is -2.70. The van der Waals surface area contributed by atoms with Crippen molar-refractivity contribution in [2.24, 2.45) is 0 Å². The zero-order valence-electron chi connectivity index (χ0n) is 13.8. The van der Waals surface area contributed by atoms with Gasteiger partial charge < -0.3 is 19.5 Å². The number of hydrogen-bond donors (Lipinski definition) is 1. The van der Waals surface area contributed by atoms with Gasteiger partial charge in [-0.15, -0.1) is 8.78 Å². The van der Waals surface area contributed by atoms with Gasteiger partial charge in [0.15, 0.2) is 17.1 Å². The summed E-state index contributed by atoms with van der Waals surface area (Å²) >= 11 is 0. The van der Waals surface area contributed by atoms with E-state index in [4.69, 9.17) is 4.74 Å². The third-order valence-corrected chi connectivity index (χ3v) is 5.11. The van der Waals surface area contributed by atoms with Gasteiger partial charge in [-0.2, -0.15) is 13.2 Å². The highest BCUT2D eigenvalue weighted by Gasteiger charge is 2.68. The Morgan fingerprint density at radius 2 is 1.82 bits per heavy atom. The number of halogens is 5. The summed E-state index contributed by atoms with van der Waals surface area (Å²) in [5.41, 5.74) is -5.23. The third-order valence-electron chi connectivity index (χ3n) is 5.11. The highest BCUT2D eigenvalue weighted by molar-refractivity contribution is 5.99. The number of carbonyl (C=O) groups excluding carboxylic acids is 1. The molecule has 152 valence electrons. The molecule has 2 fully saturated rings. The van der Waals surface area contributed by atoms with Crippen LogP contribution in [0.3, 0.4) is 0 Å². The van der Waals surface area contributed by atoms with E-state index in [2.05, 4.69) is 14.8 Å². The minimum atomic E-state index is -4.63. The molecule has 0 spiro atoms. The number of nitrogens with one attached hydrogen (secondary N) is 1. The van der Waals surface area contributed by atoms with E-state index in [0.29, 0.717) is 12.1 Å². The van der Waals surface area contributed by atoms with E-state index < -0.39 is 70.2 Å². The molecule has 1 aromatic carbocycles. The number of fused-ring (bicyclic) bond motifs is 3. The van der Waals surface area contributed by atoms with Gasteiger partial charge in [-0.25, -0.2) is 0 Å². The summed E-state index contributed by atoms with van der Waals surface area (Å²) in [5.74, 6) is -2.33. The number of alkyl halides is 5. The third kappa shape index (κ3) is 2.72. The first-order chi connectivity index (χ1) is 12.9. The Kier molecular flexibility index (Phi) is 3.62. The van der Waals surface area contributed by atoms with Crippen LogP contribution in [0.5, 0.6) is 11.5 Å². The van der Waals surface area contributed by atoms with E-state index >= 15 is 0 Å². The number of hydrogen-bond acceptors (Lipinski definition) is 6. The van der Waals surface area contributed by atoms with Crippen molar-refractivity contribution >= 4 is 11.6 Å². The van der Waals surface area contributed by atoms with E-state index in [0.717, 1.165) is 0 Å². The fourth-order valence-electron chi connectivity index (χ4n) is 3.78. The van der Waals surface area contributed by atoms with Gasteiger partial charge in [0.25, 0.3) is 11.6 Å². The summed E-state index contributed by atoms with van der Waals surface area (Å²) in [4.78, 5) is 22.8. The Morgan fingerprint density at radius 3 is 2.32 bits per heavy atom. The van der Waals surface area contributed by atoms with Crippen LogP contribution < -0.4 is 14.8 Å². The van der Waals surface area contributed by atoms with E-state index in [1.165, 1.54) is 0 Å². The quantitative estimate of drug-likeness (QED) is 0.467. The molecular formula is C15H11F5N2O6. The molecule has 8 nitrogen and oxygen atoms in total. The average molecular weight is 410 g/mol. The molecule has 1 N–H and O–H groups in total. The van der Waals surface area contributed by atoms with Crippen LogP contribution in [0.25, 0.3) is 0 Å². The standard InChI is InChI=1S/C15H11F5N2O6/c16-14(17,18)13-2-1-12(5-13,6-26-13)21-11(23)7-3-9-10(4-8(7)22(24)25)28-15(19,20)27-9/h3-4H,1-2,5-6H2,(H,21,23). The average Bonchev–Trinajstić information content (AvgIpc) is 3.20. The first-order valence-corrected chi connectivity index (χ1v) is 7.97. The number of carbonyl (C=O) groups is 1. The number of nitrogens with zero attached hydrogens (tertiary/aromatic N) is 1. The van der Waals surface area contributed by atoms with Crippen LogP contribution >= 0.6 is 0 Å². The first kappa shape index (κ1) is 18.7. The van der Waals surface area contributed by atoms with Crippen molar-refractivity contribution in [3.8, 4) is 11.5 Å². The monoisotopic (exact) mass is 410 g/mol. The molecule has 13 heteroatoms. The second-order valence-electron chi connectivity index (χ2n) is 6.93. The molecule has 1 aliphatic carbocycles. The molecule has 0 aromatic heterocycles. The molecule has 2 unspecified atom stereocenters. The van der Waals surface area contributed by atoms with Crippen LogP contribution in [0, 0.1) is 10.1 Å². The molecule has 2 atom stereocenters. The van der Waals surface area contributed by atoms with Crippen molar-refractivity contribution in [3.05, 3.63) is 27.8 Å². The maximum atomic E-state index is 13.2. The highest BCUT2D eigenvalue weighted by atomic mass is 19.4. The van der Waals surface area contributed by atoms with Crippen molar-refractivity contribution in [2.75, 3.05) is 6.61 Å². The van der Waals surface area contributed by atoms with Gasteiger partial charge in [0.1, 0.15) is 5.56 Å². The second-order valence-corrected chi connectivity index (χ2v) is 6.93. The smallest absolute Gasteiger partial charge is 0.395 e. The van der Waals surface area contributed by atoms with E-state index in [9.17, 15) is 36.9 Å². The van der Waals surface area contributed by atoms with Gasteiger partial charge in [0.2, 0.25) is 0 Å². The van der Waals surface area contributed by atoms with Gasteiger partial charge >= 0.3 is 12.5 Å². The number of nitro benzene ring substituents is 1. The van der Waals surface area contributed by atoms with Gasteiger partial charge in [0, 0.05) is 12.5 Å². The van der Waals surface area contributed by atoms with Gasteiger partial charge in [-0.1, -0.05) is 0 Å². The molecule has 1 amide bonds. The summed E-state index contributed by atoms with van der Waals surface area (Å²) in [5, 5.41) is 13.6. The van der Waals surface area contributed by atoms with Crippen LogP contribution in [-0.2, 0) is 4.74 Å². The summed E-state index contributed by atoms with van der Waals surface area (Å²) in [6.07, 6.45) is -9.64. The van der Waals surface area contributed by atoms with Crippen molar-refractivity contribution in [1.82, 2.24) is 5.32 Å². The van der Waals surface area contributed by atoms with E-state index in [-0.39, 0.29) is 12.8 Å². The number of amides is 1. The molecular weight excluding hydrogens is 399 g/mol. The maximum absolute atomic E-state index is 13.2. The summed E-state index contributed by atoms with van der Waals surface area (Å²) in [7, 11) is 0. The molecule has 2 aliphatic heterocycles. The minimum absolute atomic E-state index is 0.0470. The predicted molar refractivity (Wildman–Crippen MR) is 78.1 cm³/mol. The van der Waals surface area contributed by atoms with Gasteiger partial charge in [-0.3, -0.25) is 14.9 Å². The summed E-state index contributed by atoms with van der Waals surface area (Å²) in [6, 6.07) is 1.30. The molecule has 28 heavy (non-hydrogen) atoms. The Balaban J connectivity index is 1.63. The maximum Gasteiger partial charge on any atom is 0.586 e. The second kappa shape index (κ2) is 5.43. The van der Waals surface area contributed by atoms with Crippen molar-refractivity contribution in [3.63, 3.8) is 0 Å². The zero-order valence-corrected chi connectivity index (χ0v) is 13.8. The van der Waals surface area contributed by atoms with Gasteiger partial charge in [-0.05, 0) is 12.8 Å². The lowest BCUT2D eigenvalue weighted by Gasteiger charge is -2.30. The van der Waals surface area contributed by atoms with Crippen LogP contribution in [0.15, 0.2) is 12.1 Å². The normalized spacial score (nSPS) is 29.8. The van der Waals surface area contributed by atoms with Crippen molar-refractivity contribution < 1.29 is 45.9 Å². The van der Waals surface area contributed by atoms with Crippen LogP contribution in [-0.4, -0.2) is 41.0 Å². The fourth-order valence-corrected chi connectivity index (χ4v) is 3.78. The van der Waals surface area contributed by atoms with Gasteiger partial charge in [0.05, 0.1) is 23.1 Å². The number of ether oxygens (including phenoxy) is 3. The lowest BCUT2D eigenvalue weighted by molar-refractivity contribution is -0.385. The molecule has 3 aliphatic rings. The lowest BCUT2D eigenvalue weighted by atomic mass is 9.97. The molecule has 1 aromatic rings. The Labute approximate surface area is 152 Å². The highest BCUT2D eigenvalue weighted by Crippen LogP contribution is 2.55. The van der Waals surface area contributed by atoms with E-state index in [1.807, 2.05) is 0 Å². The number of rotatable bonds is 3. The topological polar surface area (TPSA) is 99.9 Å². The number of nitro groups is 1. The van der Waals surface area contributed by atoms with Crippen molar-refractivity contribution in [1.29, 1.82) is 0 Å². The molecule has 1 saturated heterocycles. The molecule has 2 bridgehead atoms. The summed E-state index contributed by atoms with van der Waals surface area (Å²) in [6.45, 7) is -0.422. The van der Waals surface area contributed by atoms with Crippen molar-refractivity contribution in [2.45, 2.75) is 42.9 Å².